The molecule has 0 aromatic heterocycles. The van der Waals surface area contributed by atoms with E-state index in [-0.39, 0.29) is 19.4 Å². The molecule has 0 aromatic rings. The molecule has 0 fully saturated rings. The first-order chi connectivity index (χ1) is 29.1. The van der Waals surface area contributed by atoms with Crippen molar-refractivity contribution in [1.29, 1.82) is 0 Å². The van der Waals surface area contributed by atoms with E-state index in [0.29, 0.717) is 25.7 Å². The van der Waals surface area contributed by atoms with Crippen LogP contribution in [0.5, 0.6) is 0 Å². The van der Waals surface area contributed by atoms with E-state index in [1.165, 1.54) is 19.3 Å². The number of hydrogen-bond acceptors (Lipinski definition) is 10. The average molecular weight is 861 g/mol. The molecule has 0 aliphatic heterocycles. The summed E-state index contributed by atoms with van der Waals surface area (Å²) in [5, 5.41) is 28.2. The lowest BCUT2D eigenvalue weighted by Crippen LogP contribution is -2.29. The quantitative estimate of drug-likeness (QED) is 0.0153. The molecule has 0 heterocycles. The topological polar surface area (TPSA) is 169 Å². The second-order valence-electron chi connectivity index (χ2n) is 14.2. The zero-order chi connectivity index (χ0) is 44.2. The van der Waals surface area contributed by atoms with Crippen LogP contribution in [0, 0.1) is 0 Å². The molecule has 0 saturated heterocycles. The van der Waals surface area contributed by atoms with Crippen LogP contribution in [0.25, 0.3) is 0 Å². The fourth-order valence-corrected chi connectivity index (χ4v) is 5.90. The van der Waals surface area contributed by atoms with Crippen LogP contribution in [0.3, 0.4) is 0 Å². The van der Waals surface area contributed by atoms with Gasteiger partial charge < -0.3 is 29.7 Å². The molecule has 0 saturated carbocycles. The molecular formula is C48H77O11P. The molecule has 4 N–H and O–H groups in total. The molecule has 0 bridgehead atoms. The van der Waals surface area contributed by atoms with Crippen LogP contribution in [-0.2, 0) is 32.7 Å². The largest absolute Gasteiger partial charge is 0.472 e. The summed E-state index contributed by atoms with van der Waals surface area (Å²) < 4.78 is 32.6. The molecule has 60 heavy (non-hydrogen) atoms. The number of rotatable bonds is 39. The normalized spacial score (nSPS) is 15.4. The minimum Gasteiger partial charge on any atom is -0.462 e. The Balaban J connectivity index is 4.52. The van der Waals surface area contributed by atoms with Crippen LogP contribution in [0.4, 0.5) is 0 Å². The lowest BCUT2D eigenvalue weighted by Gasteiger charge is -2.20. The number of esters is 2. The molecular weight excluding hydrogens is 783 g/mol. The van der Waals surface area contributed by atoms with E-state index in [1.807, 2.05) is 54.7 Å². The molecule has 0 amide bonds. The minimum atomic E-state index is -4.66. The fraction of sp³-hybridized carbons (Fsp3) is 0.583. The van der Waals surface area contributed by atoms with Crippen molar-refractivity contribution in [3.05, 3.63) is 109 Å². The molecule has 2 unspecified atom stereocenters. The van der Waals surface area contributed by atoms with E-state index in [9.17, 15) is 29.3 Å². The van der Waals surface area contributed by atoms with Gasteiger partial charge in [-0.25, -0.2) is 4.57 Å². The molecule has 0 spiro atoms. The van der Waals surface area contributed by atoms with Crippen LogP contribution < -0.4 is 0 Å². The molecule has 0 rings (SSSR count). The van der Waals surface area contributed by atoms with Gasteiger partial charge in [0.25, 0.3) is 0 Å². The summed E-state index contributed by atoms with van der Waals surface area (Å²) in [6.45, 7) is 1.99. The summed E-state index contributed by atoms with van der Waals surface area (Å²) >= 11 is 0. The number of carbonyl (C=O) groups is 2. The number of phosphoric ester groups is 1. The van der Waals surface area contributed by atoms with Crippen LogP contribution in [-0.4, -0.2) is 76.9 Å². The number of hydrogen-bond donors (Lipinski definition) is 4. The average Bonchev–Trinajstić information content (AvgIpc) is 3.23. The third-order valence-corrected chi connectivity index (χ3v) is 9.46. The molecule has 340 valence electrons. The number of aliphatic hydroxyl groups is 3. The van der Waals surface area contributed by atoms with Gasteiger partial charge in [-0.15, -0.1) is 0 Å². The third-order valence-electron chi connectivity index (χ3n) is 8.51. The molecule has 4 atom stereocenters. The van der Waals surface area contributed by atoms with Gasteiger partial charge in [-0.05, 0) is 83.5 Å². The van der Waals surface area contributed by atoms with Crippen molar-refractivity contribution in [3.8, 4) is 0 Å². The molecule has 11 nitrogen and oxygen atoms in total. The van der Waals surface area contributed by atoms with E-state index in [4.69, 9.17) is 19.1 Å². The Morgan fingerprint density at radius 3 is 1.73 bits per heavy atom. The lowest BCUT2D eigenvalue weighted by atomic mass is 10.1. The second kappa shape index (κ2) is 42.3. The van der Waals surface area contributed by atoms with Gasteiger partial charge in [-0.2, -0.15) is 0 Å². The van der Waals surface area contributed by atoms with Gasteiger partial charge in [-0.1, -0.05) is 149 Å². The maximum absolute atomic E-state index is 12.6. The number of phosphoric acid groups is 1. The van der Waals surface area contributed by atoms with E-state index in [0.717, 1.165) is 64.2 Å². The maximum atomic E-state index is 12.6. The van der Waals surface area contributed by atoms with Gasteiger partial charge in [0.1, 0.15) is 12.7 Å². The highest BCUT2D eigenvalue weighted by Crippen LogP contribution is 2.43. The van der Waals surface area contributed by atoms with Crippen molar-refractivity contribution >= 4 is 19.8 Å². The molecule has 0 aliphatic rings. The van der Waals surface area contributed by atoms with Crippen molar-refractivity contribution in [2.24, 2.45) is 0 Å². The van der Waals surface area contributed by atoms with Gasteiger partial charge in [0.05, 0.1) is 25.9 Å². The van der Waals surface area contributed by atoms with Gasteiger partial charge in [0.15, 0.2) is 6.10 Å². The molecule has 0 radical (unpaired) electrons. The Hall–Kier alpha value is -3.41. The first kappa shape index (κ1) is 56.6. The highest BCUT2D eigenvalue weighted by molar-refractivity contribution is 7.47. The van der Waals surface area contributed by atoms with Crippen LogP contribution in [0.2, 0.25) is 0 Å². The Kier molecular flexibility index (Phi) is 39.9. The van der Waals surface area contributed by atoms with Crippen molar-refractivity contribution in [2.75, 3.05) is 26.4 Å². The molecule has 0 aliphatic carbocycles. The van der Waals surface area contributed by atoms with E-state index < -0.39 is 57.9 Å². The molecule has 0 aromatic carbocycles. The summed E-state index contributed by atoms with van der Waals surface area (Å²) in [7, 11) is -4.66. The Morgan fingerprint density at radius 2 is 1.13 bits per heavy atom. The smallest absolute Gasteiger partial charge is 0.462 e. The number of ether oxygens (including phenoxy) is 2. The minimum absolute atomic E-state index is 0.0314. The molecule has 12 heteroatoms. The number of unbranched alkanes of at least 4 members (excludes halogenated alkanes) is 7. The van der Waals surface area contributed by atoms with Crippen molar-refractivity contribution < 1.29 is 52.9 Å². The van der Waals surface area contributed by atoms with Gasteiger partial charge in [0.2, 0.25) is 0 Å². The summed E-state index contributed by atoms with van der Waals surface area (Å²) in [6.07, 6.45) is 49.7. The number of allylic oxidation sites excluding steroid dienone is 16. The SMILES string of the molecule is CC/C=C\CC(O)/C=C/C=C/C/C=C\C/C=C\C/C=C\CCC(=O)O[C@H](COC(=O)CCCCCC/C=C\C/C=C\C/C=C\CCCCC)COP(=O)(O)OC[C@@H](O)CO. The Morgan fingerprint density at radius 1 is 0.583 bits per heavy atom. The number of aliphatic hydroxyl groups excluding tert-OH is 3. The fourth-order valence-electron chi connectivity index (χ4n) is 5.11. The Bertz CT molecular complexity index is 1380. The van der Waals surface area contributed by atoms with Crippen LogP contribution in [0.15, 0.2) is 109 Å². The maximum Gasteiger partial charge on any atom is 0.472 e. The summed E-state index contributed by atoms with van der Waals surface area (Å²) in [5.74, 6) is -1.08. The van der Waals surface area contributed by atoms with Crippen molar-refractivity contribution in [2.45, 2.75) is 154 Å². The van der Waals surface area contributed by atoms with Crippen molar-refractivity contribution in [1.82, 2.24) is 0 Å². The summed E-state index contributed by atoms with van der Waals surface area (Å²) in [5.41, 5.74) is 0. The summed E-state index contributed by atoms with van der Waals surface area (Å²) in [4.78, 5) is 35.0. The van der Waals surface area contributed by atoms with Crippen LogP contribution >= 0.6 is 7.82 Å². The van der Waals surface area contributed by atoms with Gasteiger partial charge >= 0.3 is 19.8 Å². The number of carbonyl (C=O) groups excluding carboxylic acids is 2. The van der Waals surface area contributed by atoms with E-state index >= 15 is 0 Å². The van der Waals surface area contributed by atoms with Gasteiger partial charge in [-0.3, -0.25) is 18.6 Å². The van der Waals surface area contributed by atoms with E-state index in [1.54, 1.807) is 6.08 Å². The highest BCUT2D eigenvalue weighted by Gasteiger charge is 2.27. The Labute approximate surface area is 361 Å². The van der Waals surface area contributed by atoms with E-state index in [2.05, 4.69) is 67.0 Å². The predicted molar refractivity (Wildman–Crippen MR) is 243 cm³/mol. The predicted octanol–water partition coefficient (Wildman–Crippen LogP) is 10.7. The van der Waals surface area contributed by atoms with Crippen LogP contribution in [0.1, 0.15) is 136 Å². The van der Waals surface area contributed by atoms with Gasteiger partial charge in [0, 0.05) is 12.8 Å². The second-order valence-corrected chi connectivity index (χ2v) is 15.6. The summed E-state index contributed by atoms with van der Waals surface area (Å²) in [6, 6.07) is 0. The lowest BCUT2D eigenvalue weighted by molar-refractivity contribution is -0.161. The first-order valence-electron chi connectivity index (χ1n) is 22.0. The third kappa shape index (κ3) is 41.3. The monoisotopic (exact) mass is 861 g/mol. The highest BCUT2D eigenvalue weighted by atomic mass is 31.2. The zero-order valence-corrected chi connectivity index (χ0v) is 37.4. The zero-order valence-electron chi connectivity index (χ0n) is 36.5. The standard InChI is InChI=1S/C48H77O11P/c1-3-5-7-8-9-10-11-12-13-14-15-18-21-24-27-30-34-38-47(52)56-42-46(43-58-60(54,55)57-41-45(51)40-49)59-48(53)39-35-31-28-25-22-19-16-17-20-23-26-29-33-37-44(50)36-32-6-4-2/h6,9-10,12-13,15,17-20,22,26,28-29,31-33,37,44-46,49-51H,3-5,7-8,11,14,16,21,23-25,27,30,34-36,38-43H2,1-2H3,(H,54,55)/b10-9-,13-12-,18-15-,20-17-,22-19-,29-26+,31-28-,32-6-,37-33+/t44?,45-,46+/m0/s1. The van der Waals surface area contributed by atoms with Crippen molar-refractivity contribution in [3.63, 3.8) is 0 Å². The first-order valence-corrected chi connectivity index (χ1v) is 23.4.